The van der Waals surface area contributed by atoms with Gasteiger partial charge in [0.2, 0.25) is 15.9 Å². The topological polar surface area (TPSA) is 101 Å². The van der Waals surface area contributed by atoms with Gasteiger partial charge in [-0.1, -0.05) is 0 Å². The Bertz CT molecular complexity index is 582. The highest BCUT2D eigenvalue weighted by atomic mass is 32.2. The number of likely N-dealkylation sites (N-methyl/N-ethyl adjacent to an activating group) is 1. The molecule has 1 aromatic heterocycles. The number of sulfonamides is 1. The average molecular weight is 314 g/mol. The summed E-state index contributed by atoms with van der Waals surface area (Å²) < 4.78 is 31.2. The third kappa shape index (κ3) is 3.90. The highest BCUT2D eigenvalue weighted by Crippen LogP contribution is 2.17. The summed E-state index contributed by atoms with van der Waals surface area (Å²) in [4.78, 5) is 15.3. The number of rotatable bonds is 5. The summed E-state index contributed by atoms with van der Waals surface area (Å²) in [5.41, 5.74) is 0. The molecule has 116 valence electrons. The molecular weight excluding hydrogens is 296 g/mol. The van der Waals surface area contributed by atoms with Crippen molar-refractivity contribution >= 4 is 21.7 Å². The van der Waals surface area contributed by atoms with Gasteiger partial charge in [0.1, 0.15) is 10.7 Å². The number of nitrogens with one attached hydrogen (secondary N) is 2. The molecule has 1 aliphatic heterocycles. The maximum Gasteiger partial charge on any atom is 0.244 e. The van der Waals surface area contributed by atoms with E-state index in [0.29, 0.717) is 32.1 Å². The van der Waals surface area contributed by atoms with Crippen molar-refractivity contribution in [2.45, 2.75) is 4.90 Å². The van der Waals surface area contributed by atoms with Crippen LogP contribution in [0.15, 0.2) is 23.2 Å². The molecule has 8 nitrogen and oxygen atoms in total. The summed E-state index contributed by atoms with van der Waals surface area (Å²) in [6.07, 6.45) is 1.29. The van der Waals surface area contributed by atoms with E-state index in [1.165, 1.54) is 29.7 Å². The molecule has 0 saturated carbocycles. The summed E-state index contributed by atoms with van der Waals surface area (Å²) in [7, 11) is -1.99. The Hall–Kier alpha value is -1.71. The Balaban J connectivity index is 2.05. The van der Waals surface area contributed by atoms with Gasteiger partial charge in [0.05, 0.1) is 19.8 Å². The molecule has 2 N–H and O–H groups in total. The minimum absolute atomic E-state index is 0.0824. The monoisotopic (exact) mass is 314 g/mol. The zero-order valence-corrected chi connectivity index (χ0v) is 12.5. The Morgan fingerprint density at radius 3 is 2.67 bits per heavy atom. The molecule has 21 heavy (non-hydrogen) atoms. The van der Waals surface area contributed by atoms with Crippen LogP contribution in [0.5, 0.6) is 0 Å². The molecule has 0 bridgehead atoms. The number of nitrogens with zero attached hydrogens (tertiary/aromatic N) is 2. The van der Waals surface area contributed by atoms with Crippen LogP contribution in [0.4, 0.5) is 5.82 Å². The summed E-state index contributed by atoms with van der Waals surface area (Å²) in [6.45, 7) is 1.58. The van der Waals surface area contributed by atoms with Gasteiger partial charge < -0.3 is 15.4 Å². The normalized spacial score (nSPS) is 16.4. The fourth-order valence-electron chi connectivity index (χ4n) is 1.83. The van der Waals surface area contributed by atoms with E-state index in [1.54, 1.807) is 0 Å². The summed E-state index contributed by atoms with van der Waals surface area (Å²) in [5.74, 6) is 0.265. The number of ether oxygens (including phenoxy) is 1. The van der Waals surface area contributed by atoms with Gasteiger partial charge in [-0.2, -0.15) is 4.31 Å². The number of hydrogen-bond donors (Lipinski definition) is 2. The molecule has 1 aromatic rings. The van der Waals surface area contributed by atoms with Crippen LogP contribution < -0.4 is 10.6 Å². The second-order valence-corrected chi connectivity index (χ2v) is 6.36. The molecule has 0 aliphatic carbocycles. The van der Waals surface area contributed by atoms with Crippen LogP contribution in [0.3, 0.4) is 0 Å². The van der Waals surface area contributed by atoms with Gasteiger partial charge in [0.15, 0.2) is 0 Å². The van der Waals surface area contributed by atoms with Crippen molar-refractivity contribution < 1.29 is 17.9 Å². The van der Waals surface area contributed by atoms with Crippen LogP contribution in [-0.4, -0.2) is 63.5 Å². The van der Waals surface area contributed by atoms with E-state index in [-0.39, 0.29) is 17.3 Å². The maximum absolute atomic E-state index is 12.4. The molecule has 0 radical (unpaired) electrons. The summed E-state index contributed by atoms with van der Waals surface area (Å²) in [5, 5.41) is 5.27. The molecule has 2 heterocycles. The first-order valence-corrected chi connectivity index (χ1v) is 7.96. The van der Waals surface area contributed by atoms with Gasteiger partial charge in [0, 0.05) is 26.3 Å². The van der Waals surface area contributed by atoms with Crippen molar-refractivity contribution in [3.05, 3.63) is 18.3 Å². The largest absolute Gasteiger partial charge is 0.379 e. The molecule has 1 amide bonds. The van der Waals surface area contributed by atoms with E-state index in [0.717, 1.165) is 0 Å². The van der Waals surface area contributed by atoms with E-state index in [4.69, 9.17) is 4.74 Å². The lowest BCUT2D eigenvalue weighted by Crippen LogP contribution is -2.40. The van der Waals surface area contributed by atoms with Crippen molar-refractivity contribution in [3.8, 4) is 0 Å². The Kier molecular flexibility index (Phi) is 5.10. The molecule has 1 saturated heterocycles. The molecule has 0 spiro atoms. The molecule has 1 aliphatic rings. The fourth-order valence-corrected chi connectivity index (χ4v) is 3.19. The highest BCUT2D eigenvalue weighted by molar-refractivity contribution is 7.89. The number of amides is 1. The quantitative estimate of drug-likeness (QED) is 0.742. The zero-order valence-electron chi connectivity index (χ0n) is 11.7. The van der Waals surface area contributed by atoms with E-state index in [1.807, 2.05) is 0 Å². The lowest BCUT2D eigenvalue weighted by Gasteiger charge is -2.25. The zero-order chi connectivity index (χ0) is 15.3. The van der Waals surface area contributed by atoms with E-state index >= 15 is 0 Å². The molecule has 9 heteroatoms. The van der Waals surface area contributed by atoms with Crippen LogP contribution in [0, 0.1) is 0 Å². The SMILES string of the molecule is CNC(=O)CNc1ccc(S(=O)(=O)N2CCOCC2)cn1. The van der Waals surface area contributed by atoms with Crippen LogP contribution in [-0.2, 0) is 19.6 Å². The van der Waals surface area contributed by atoms with Crippen molar-refractivity contribution in [2.24, 2.45) is 0 Å². The number of carbonyl (C=O) groups excluding carboxylic acids is 1. The third-order valence-corrected chi connectivity index (χ3v) is 4.94. The Labute approximate surface area is 123 Å². The van der Waals surface area contributed by atoms with E-state index in [2.05, 4.69) is 15.6 Å². The van der Waals surface area contributed by atoms with Crippen molar-refractivity contribution in [2.75, 3.05) is 45.2 Å². The molecule has 0 unspecified atom stereocenters. The van der Waals surface area contributed by atoms with E-state index in [9.17, 15) is 13.2 Å². The lowest BCUT2D eigenvalue weighted by atomic mass is 10.4. The number of aromatic nitrogens is 1. The Morgan fingerprint density at radius 1 is 1.38 bits per heavy atom. The average Bonchev–Trinajstić information content (AvgIpc) is 2.53. The van der Waals surface area contributed by atoms with Gasteiger partial charge in [0.25, 0.3) is 0 Å². The molecule has 0 aromatic carbocycles. The number of anilines is 1. The molecule has 0 atom stereocenters. The van der Waals surface area contributed by atoms with Crippen LogP contribution in [0.2, 0.25) is 0 Å². The van der Waals surface area contributed by atoms with Gasteiger partial charge >= 0.3 is 0 Å². The smallest absolute Gasteiger partial charge is 0.244 e. The molecular formula is C12H18N4O4S. The number of hydrogen-bond acceptors (Lipinski definition) is 6. The van der Waals surface area contributed by atoms with Gasteiger partial charge in [-0.15, -0.1) is 0 Å². The first-order chi connectivity index (χ1) is 10.0. The minimum Gasteiger partial charge on any atom is -0.379 e. The fraction of sp³-hybridized carbons (Fsp3) is 0.500. The second-order valence-electron chi connectivity index (χ2n) is 4.42. The predicted octanol–water partition coefficient (Wildman–Crippen LogP) is -0.740. The molecule has 2 rings (SSSR count). The maximum atomic E-state index is 12.4. The first-order valence-electron chi connectivity index (χ1n) is 6.52. The van der Waals surface area contributed by atoms with Crippen molar-refractivity contribution in [3.63, 3.8) is 0 Å². The standard InChI is InChI=1S/C12H18N4O4S/c1-13-12(17)9-15-11-3-2-10(8-14-11)21(18,19)16-4-6-20-7-5-16/h2-3,8H,4-7,9H2,1H3,(H,13,17)(H,14,15). The number of morpholine rings is 1. The van der Waals surface area contributed by atoms with Crippen LogP contribution >= 0.6 is 0 Å². The highest BCUT2D eigenvalue weighted by Gasteiger charge is 2.26. The summed E-state index contributed by atoms with van der Waals surface area (Å²) in [6, 6.07) is 3.01. The minimum atomic E-state index is -3.53. The van der Waals surface area contributed by atoms with Gasteiger partial charge in [-0.25, -0.2) is 13.4 Å². The van der Waals surface area contributed by atoms with Gasteiger partial charge in [-0.3, -0.25) is 4.79 Å². The van der Waals surface area contributed by atoms with E-state index < -0.39 is 10.0 Å². The number of pyridine rings is 1. The second kappa shape index (κ2) is 6.83. The van der Waals surface area contributed by atoms with Crippen LogP contribution in [0.25, 0.3) is 0 Å². The predicted molar refractivity (Wildman–Crippen MR) is 76.4 cm³/mol. The third-order valence-electron chi connectivity index (χ3n) is 3.05. The molecule has 1 fully saturated rings. The van der Waals surface area contributed by atoms with Gasteiger partial charge in [-0.05, 0) is 12.1 Å². The van der Waals surface area contributed by atoms with Crippen molar-refractivity contribution in [1.82, 2.24) is 14.6 Å². The summed E-state index contributed by atoms with van der Waals surface area (Å²) >= 11 is 0. The lowest BCUT2D eigenvalue weighted by molar-refractivity contribution is -0.118. The Morgan fingerprint density at radius 2 is 2.10 bits per heavy atom. The van der Waals surface area contributed by atoms with Crippen LogP contribution in [0.1, 0.15) is 0 Å². The first kappa shape index (κ1) is 15.7. The number of carbonyl (C=O) groups is 1. The van der Waals surface area contributed by atoms with Crippen molar-refractivity contribution in [1.29, 1.82) is 0 Å².